The van der Waals surface area contributed by atoms with E-state index in [0.717, 1.165) is 3.93 Å². The van der Waals surface area contributed by atoms with E-state index in [-0.39, 0.29) is 0 Å². The summed E-state index contributed by atoms with van der Waals surface area (Å²) in [5.74, 6) is 2.89. The molecule has 0 aromatic rings. The van der Waals surface area contributed by atoms with Crippen LogP contribution in [0.2, 0.25) is 3.93 Å². The summed E-state index contributed by atoms with van der Waals surface area (Å²) in [4.78, 5) is 0. The van der Waals surface area contributed by atoms with Gasteiger partial charge in [0.25, 0.3) is 0 Å². The molecule has 1 saturated heterocycles. The van der Waals surface area contributed by atoms with Gasteiger partial charge in [0.1, 0.15) is 0 Å². The Bertz CT molecular complexity index is 33.9. The van der Waals surface area contributed by atoms with Gasteiger partial charge in [-0.2, -0.15) is 0 Å². The molecule has 1 aliphatic heterocycles. The van der Waals surface area contributed by atoms with Gasteiger partial charge >= 0.3 is 49.7 Å². The zero-order valence-electron chi connectivity index (χ0n) is 2.90. The first-order valence-electron chi connectivity index (χ1n) is 1.68. The summed E-state index contributed by atoms with van der Waals surface area (Å²) in [5.41, 5.74) is 0. The third-order valence-corrected chi connectivity index (χ3v) is 4.77. The summed E-state index contributed by atoms with van der Waals surface area (Å²) in [6.45, 7) is 0. The van der Waals surface area contributed by atoms with E-state index >= 15 is 0 Å². The summed E-state index contributed by atoms with van der Waals surface area (Å²) in [5, 5.41) is 0. The van der Waals surface area contributed by atoms with Gasteiger partial charge < -0.3 is 0 Å². The average Bonchev–Trinajstić information content (AvgIpc) is 1.30. The minimum absolute atomic E-state index is 1.12. The van der Waals surface area contributed by atoms with Crippen LogP contribution in [0.5, 0.6) is 0 Å². The SMILES string of the molecule is [Sn][CH]1CSC1. The van der Waals surface area contributed by atoms with Crippen LogP contribution in [0.1, 0.15) is 0 Å². The second-order valence-corrected chi connectivity index (χ2v) is 4.64. The molecule has 0 aromatic carbocycles. The van der Waals surface area contributed by atoms with Gasteiger partial charge in [-0.3, -0.25) is 0 Å². The fourth-order valence-corrected chi connectivity index (χ4v) is 2.73. The van der Waals surface area contributed by atoms with Gasteiger partial charge in [0.15, 0.2) is 0 Å². The standard InChI is InChI=1S/C3H5S.Sn/c1-2-4-3-1;/h1H,2-3H2;. The molecule has 0 saturated carbocycles. The molecule has 0 unspecified atom stereocenters. The van der Waals surface area contributed by atoms with Crippen molar-refractivity contribution < 1.29 is 0 Å². The average molecular weight is 192 g/mol. The van der Waals surface area contributed by atoms with E-state index in [9.17, 15) is 0 Å². The van der Waals surface area contributed by atoms with Crippen LogP contribution in [0, 0.1) is 0 Å². The molecule has 0 aliphatic carbocycles. The molecule has 1 fully saturated rings. The maximum atomic E-state index is 2.07. The predicted molar refractivity (Wildman–Crippen MR) is 26.8 cm³/mol. The Kier molecular flexibility index (Phi) is 1.50. The van der Waals surface area contributed by atoms with Crippen molar-refractivity contribution in [1.29, 1.82) is 0 Å². The van der Waals surface area contributed by atoms with Gasteiger partial charge in [-0.15, -0.1) is 0 Å². The van der Waals surface area contributed by atoms with E-state index in [2.05, 4.69) is 11.8 Å². The van der Waals surface area contributed by atoms with E-state index in [0.29, 0.717) is 0 Å². The molecule has 5 heavy (non-hydrogen) atoms. The second kappa shape index (κ2) is 1.73. The van der Waals surface area contributed by atoms with Gasteiger partial charge in [-0.1, -0.05) is 0 Å². The van der Waals surface area contributed by atoms with Crippen LogP contribution in [-0.4, -0.2) is 34.0 Å². The molecule has 2 heteroatoms. The molecule has 1 aliphatic rings. The summed E-state index contributed by atoms with van der Waals surface area (Å²) in [7, 11) is 0. The zero-order chi connectivity index (χ0) is 3.70. The normalized spacial score (nSPS) is 25.8. The van der Waals surface area contributed by atoms with Crippen LogP contribution in [-0.2, 0) is 0 Å². The van der Waals surface area contributed by atoms with Crippen LogP contribution in [0.3, 0.4) is 0 Å². The molecule has 0 amide bonds. The Hall–Kier alpha value is 1.15. The van der Waals surface area contributed by atoms with Crippen molar-refractivity contribution in [3.63, 3.8) is 0 Å². The first-order valence-corrected chi connectivity index (χ1v) is 4.49. The molecule has 0 aromatic heterocycles. The van der Waals surface area contributed by atoms with Crippen molar-refractivity contribution in [2.75, 3.05) is 11.5 Å². The fourth-order valence-electron chi connectivity index (χ4n) is 0.236. The summed E-state index contributed by atoms with van der Waals surface area (Å²) in [6, 6.07) is 0. The molecule has 0 spiro atoms. The van der Waals surface area contributed by atoms with Gasteiger partial charge in [-0.05, 0) is 0 Å². The fraction of sp³-hybridized carbons (Fsp3) is 1.00. The molecule has 0 atom stereocenters. The Morgan fingerprint density at radius 1 is 1.60 bits per heavy atom. The Morgan fingerprint density at radius 2 is 2.00 bits per heavy atom. The van der Waals surface area contributed by atoms with Gasteiger partial charge in [0.2, 0.25) is 0 Å². The molecule has 0 nitrogen and oxygen atoms in total. The predicted octanol–water partition coefficient (Wildman–Crippen LogP) is 0.690. The summed E-state index contributed by atoms with van der Waals surface area (Å²) >= 11 is 3.80. The van der Waals surface area contributed by atoms with Gasteiger partial charge in [0.05, 0.1) is 0 Å². The zero-order valence-corrected chi connectivity index (χ0v) is 6.57. The van der Waals surface area contributed by atoms with Crippen molar-refractivity contribution in [2.24, 2.45) is 0 Å². The molecule has 1 rings (SSSR count). The quantitative estimate of drug-likeness (QED) is 0.508. The first kappa shape index (κ1) is 4.31. The molecule has 1 heterocycles. The van der Waals surface area contributed by atoms with Gasteiger partial charge in [0, 0.05) is 0 Å². The number of hydrogen-bond acceptors (Lipinski definition) is 1. The molecular formula is C3H5SSn. The minimum atomic E-state index is 1.12. The van der Waals surface area contributed by atoms with Crippen LogP contribution in [0.25, 0.3) is 0 Å². The molecule has 27 valence electrons. The molecular weight excluding hydrogens is 187 g/mol. The summed E-state index contributed by atoms with van der Waals surface area (Å²) in [6.07, 6.45) is 0. The van der Waals surface area contributed by atoms with E-state index in [1.165, 1.54) is 11.5 Å². The Balaban J connectivity index is 2.08. The number of thioether (sulfide) groups is 1. The molecule has 0 N–H and O–H groups in total. The van der Waals surface area contributed by atoms with E-state index in [4.69, 9.17) is 0 Å². The van der Waals surface area contributed by atoms with Crippen molar-refractivity contribution in [3.05, 3.63) is 0 Å². The van der Waals surface area contributed by atoms with Crippen LogP contribution in [0.15, 0.2) is 0 Å². The Morgan fingerprint density at radius 3 is 2.00 bits per heavy atom. The van der Waals surface area contributed by atoms with Crippen molar-refractivity contribution >= 4 is 34.3 Å². The van der Waals surface area contributed by atoms with Crippen molar-refractivity contribution in [2.45, 2.75) is 3.93 Å². The summed E-state index contributed by atoms with van der Waals surface area (Å²) < 4.78 is 1.12. The van der Waals surface area contributed by atoms with Gasteiger partial charge in [-0.25, -0.2) is 0 Å². The molecule has 3 radical (unpaired) electrons. The van der Waals surface area contributed by atoms with Crippen LogP contribution in [0.4, 0.5) is 0 Å². The third kappa shape index (κ3) is 0.999. The van der Waals surface area contributed by atoms with Crippen LogP contribution < -0.4 is 0 Å². The molecule has 0 bridgehead atoms. The van der Waals surface area contributed by atoms with E-state index in [1.807, 2.05) is 0 Å². The van der Waals surface area contributed by atoms with E-state index < -0.39 is 0 Å². The first-order chi connectivity index (χ1) is 2.39. The topological polar surface area (TPSA) is 0 Å². The van der Waals surface area contributed by atoms with Crippen LogP contribution >= 0.6 is 11.8 Å². The van der Waals surface area contributed by atoms with Crippen molar-refractivity contribution in [1.82, 2.24) is 0 Å². The number of rotatable bonds is 0. The van der Waals surface area contributed by atoms with E-state index in [1.54, 1.807) is 22.5 Å². The number of hydrogen-bond donors (Lipinski definition) is 0. The second-order valence-electron chi connectivity index (χ2n) is 1.23. The third-order valence-electron chi connectivity index (χ3n) is 0.638. The monoisotopic (exact) mass is 193 g/mol. The maximum absolute atomic E-state index is 2.07. The Labute approximate surface area is 49.8 Å². The van der Waals surface area contributed by atoms with Crippen molar-refractivity contribution in [3.8, 4) is 0 Å².